The number of hydrogen-bond acceptors (Lipinski definition) is 3. The van der Waals surface area contributed by atoms with E-state index in [-0.39, 0.29) is 18.1 Å². The summed E-state index contributed by atoms with van der Waals surface area (Å²) >= 11 is 0. The molecule has 0 saturated heterocycles. The highest BCUT2D eigenvalue weighted by atomic mass is 16.5. The molecule has 1 aromatic carbocycles. The molecule has 2 N–H and O–H groups in total. The maximum absolute atomic E-state index is 11.5. The smallest absolute Gasteiger partial charge is 0.335 e. The van der Waals surface area contributed by atoms with Crippen molar-refractivity contribution < 1.29 is 19.4 Å². The Morgan fingerprint density at radius 2 is 2.17 bits per heavy atom. The van der Waals surface area contributed by atoms with E-state index in [9.17, 15) is 9.59 Å². The number of benzene rings is 1. The quantitative estimate of drug-likeness (QED) is 0.805. The van der Waals surface area contributed by atoms with Crippen LogP contribution in [0.15, 0.2) is 24.3 Å². The SMILES string of the molecule is O=C(COCC1CC1)Nc1cccc(C(=O)O)c1. The standard InChI is InChI=1S/C13H15NO4/c15-12(8-18-7-9-4-5-9)14-11-3-1-2-10(6-11)13(16)17/h1-3,6,9H,4-5,7-8H2,(H,14,15)(H,16,17). The van der Waals surface area contributed by atoms with E-state index in [0.29, 0.717) is 18.2 Å². The van der Waals surface area contributed by atoms with Gasteiger partial charge in [0.05, 0.1) is 12.2 Å². The van der Waals surface area contributed by atoms with E-state index in [0.717, 1.165) is 0 Å². The maximum Gasteiger partial charge on any atom is 0.335 e. The van der Waals surface area contributed by atoms with Gasteiger partial charge in [0.2, 0.25) is 5.91 Å². The molecule has 1 aliphatic carbocycles. The second-order valence-corrected chi connectivity index (χ2v) is 4.39. The number of nitrogens with one attached hydrogen (secondary N) is 1. The van der Waals surface area contributed by atoms with E-state index in [2.05, 4.69) is 5.32 Å². The minimum absolute atomic E-state index is 0.00774. The first-order chi connectivity index (χ1) is 8.65. The summed E-state index contributed by atoms with van der Waals surface area (Å²) in [4.78, 5) is 22.3. The van der Waals surface area contributed by atoms with Crippen LogP contribution in [0.5, 0.6) is 0 Å². The van der Waals surface area contributed by atoms with E-state index in [1.807, 2.05) is 0 Å². The molecule has 1 aliphatic rings. The number of ether oxygens (including phenoxy) is 1. The molecule has 96 valence electrons. The Bertz CT molecular complexity index is 454. The van der Waals surface area contributed by atoms with Crippen LogP contribution in [-0.2, 0) is 9.53 Å². The summed E-state index contributed by atoms with van der Waals surface area (Å²) in [6.07, 6.45) is 2.37. The first-order valence-electron chi connectivity index (χ1n) is 5.86. The Morgan fingerprint density at radius 3 is 2.83 bits per heavy atom. The summed E-state index contributed by atoms with van der Waals surface area (Å²) in [5.74, 6) is -0.664. The predicted molar refractivity (Wildman–Crippen MR) is 65.6 cm³/mol. The summed E-state index contributed by atoms with van der Waals surface area (Å²) in [5, 5.41) is 11.4. The van der Waals surface area contributed by atoms with E-state index >= 15 is 0 Å². The molecule has 0 aromatic heterocycles. The molecule has 1 saturated carbocycles. The summed E-state index contributed by atoms with van der Waals surface area (Å²) in [6.45, 7) is 0.635. The molecule has 1 fully saturated rings. The van der Waals surface area contributed by atoms with Gasteiger partial charge in [0.15, 0.2) is 0 Å². The van der Waals surface area contributed by atoms with Gasteiger partial charge >= 0.3 is 5.97 Å². The highest BCUT2D eigenvalue weighted by molar-refractivity contribution is 5.94. The van der Waals surface area contributed by atoms with Gasteiger partial charge in [-0.25, -0.2) is 4.79 Å². The van der Waals surface area contributed by atoms with Crippen molar-refractivity contribution in [1.29, 1.82) is 0 Å². The van der Waals surface area contributed by atoms with Crippen LogP contribution in [-0.4, -0.2) is 30.2 Å². The average Bonchev–Trinajstić information content (AvgIpc) is 3.13. The Kier molecular flexibility index (Phi) is 3.94. The van der Waals surface area contributed by atoms with Crippen LogP contribution >= 0.6 is 0 Å². The Morgan fingerprint density at radius 1 is 1.39 bits per heavy atom. The minimum atomic E-state index is -1.02. The van der Waals surface area contributed by atoms with Crippen LogP contribution in [0.4, 0.5) is 5.69 Å². The number of amides is 1. The molecule has 0 radical (unpaired) electrons. The number of hydrogen-bond donors (Lipinski definition) is 2. The van der Waals surface area contributed by atoms with Gasteiger partial charge in [-0.3, -0.25) is 4.79 Å². The van der Waals surface area contributed by atoms with E-state index in [1.165, 1.54) is 25.0 Å². The molecular weight excluding hydrogens is 234 g/mol. The third kappa shape index (κ3) is 3.85. The molecule has 0 bridgehead atoms. The molecular formula is C13H15NO4. The fourth-order valence-electron chi connectivity index (χ4n) is 1.53. The largest absolute Gasteiger partial charge is 0.478 e. The number of aromatic carboxylic acids is 1. The van der Waals surface area contributed by atoms with Gasteiger partial charge in [-0.15, -0.1) is 0 Å². The van der Waals surface area contributed by atoms with E-state index < -0.39 is 5.97 Å². The second kappa shape index (κ2) is 5.64. The molecule has 1 amide bonds. The van der Waals surface area contributed by atoms with Crippen molar-refractivity contribution >= 4 is 17.6 Å². The zero-order valence-electron chi connectivity index (χ0n) is 9.89. The zero-order valence-corrected chi connectivity index (χ0v) is 9.89. The fourth-order valence-corrected chi connectivity index (χ4v) is 1.53. The van der Waals surface area contributed by atoms with Crippen LogP contribution in [0, 0.1) is 5.92 Å². The molecule has 0 atom stereocenters. The third-order valence-corrected chi connectivity index (χ3v) is 2.68. The normalized spacial score (nSPS) is 14.2. The van der Waals surface area contributed by atoms with Crippen LogP contribution in [0.25, 0.3) is 0 Å². The second-order valence-electron chi connectivity index (χ2n) is 4.39. The maximum atomic E-state index is 11.5. The number of anilines is 1. The zero-order chi connectivity index (χ0) is 13.0. The Balaban J connectivity index is 1.81. The van der Waals surface area contributed by atoms with E-state index in [4.69, 9.17) is 9.84 Å². The van der Waals surface area contributed by atoms with Gasteiger partial charge in [-0.2, -0.15) is 0 Å². The highest BCUT2D eigenvalue weighted by Gasteiger charge is 2.21. The molecule has 0 spiro atoms. The Hall–Kier alpha value is -1.88. The first kappa shape index (κ1) is 12.6. The molecule has 0 unspecified atom stereocenters. The van der Waals surface area contributed by atoms with Gasteiger partial charge < -0.3 is 15.2 Å². The number of carboxylic acid groups (broad SMARTS) is 1. The van der Waals surface area contributed by atoms with Crippen molar-refractivity contribution in [3.8, 4) is 0 Å². The molecule has 0 aliphatic heterocycles. The lowest BCUT2D eigenvalue weighted by atomic mass is 10.2. The van der Waals surface area contributed by atoms with Crippen molar-refractivity contribution in [2.75, 3.05) is 18.5 Å². The molecule has 1 aromatic rings. The third-order valence-electron chi connectivity index (χ3n) is 2.68. The number of carboxylic acids is 1. The van der Waals surface area contributed by atoms with Gasteiger partial charge in [0.1, 0.15) is 6.61 Å². The predicted octanol–water partition coefficient (Wildman–Crippen LogP) is 1.75. The summed E-state index contributed by atoms with van der Waals surface area (Å²) in [6, 6.07) is 6.12. The van der Waals surface area contributed by atoms with Crippen LogP contribution in [0.1, 0.15) is 23.2 Å². The number of carbonyl (C=O) groups is 2. The lowest BCUT2D eigenvalue weighted by Crippen LogP contribution is -2.19. The summed E-state index contributed by atoms with van der Waals surface area (Å²) in [7, 11) is 0. The number of rotatable bonds is 6. The van der Waals surface area contributed by atoms with Crippen molar-refractivity contribution in [3.05, 3.63) is 29.8 Å². The minimum Gasteiger partial charge on any atom is -0.478 e. The van der Waals surface area contributed by atoms with Crippen molar-refractivity contribution in [1.82, 2.24) is 0 Å². The van der Waals surface area contributed by atoms with E-state index in [1.54, 1.807) is 12.1 Å². The Labute approximate surface area is 105 Å². The fraction of sp³-hybridized carbons (Fsp3) is 0.385. The van der Waals surface area contributed by atoms with Crippen LogP contribution < -0.4 is 5.32 Å². The first-order valence-corrected chi connectivity index (χ1v) is 5.86. The summed E-state index contributed by atoms with van der Waals surface area (Å²) in [5.41, 5.74) is 0.613. The molecule has 0 heterocycles. The van der Waals surface area contributed by atoms with Gasteiger partial charge in [-0.1, -0.05) is 6.07 Å². The van der Waals surface area contributed by atoms with Gasteiger partial charge in [0, 0.05) is 5.69 Å². The summed E-state index contributed by atoms with van der Waals surface area (Å²) < 4.78 is 5.24. The highest BCUT2D eigenvalue weighted by Crippen LogP contribution is 2.28. The monoisotopic (exact) mass is 249 g/mol. The lowest BCUT2D eigenvalue weighted by molar-refractivity contribution is -0.120. The van der Waals surface area contributed by atoms with Gasteiger partial charge in [0.25, 0.3) is 0 Å². The van der Waals surface area contributed by atoms with Crippen molar-refractivity contribution in [2.24, 2.45) is 5.92 Å². The molecule has 5 nitrogen and oxygen atoms in total. The average molecular weight is 249 g/mol. The van der Waals surface area contributed by atoms with Crippen LogP contribution in [0.3, 0.4) is 0 Å². The molecule has 2 rings (SSSR count). The molecule has 18 heavy (non-hydrogen) atoms. The lowest BCUT2D eigenvalue weighted by Gasteiger charge is -2.06. The topological polar surface area (TPSA) is 75.6 Å². The van der Waals surface area contributed by atoms with Crippen LogP contribution in [0.2, 0.25) is 0 Å². The number of carbonyl (C=O) groups excluding carboxylic acids is 1. The van der Waals surface area contributed by atoms with Crippen molar-refractivity contribution in [2.45, 2.75) is 12.8 Å². The molecule has 5 heteroatoms. The van der Waals surface area contributed by atoms with Gasteiger partial charge in [-0.05, 0) is 37.0 Å². The van der Waals surface area contributed by atoms with Crippen molar-refractivity contribution in [3.63, 3.8) is 0 Å².